The van der Waals surface area contributed by atoms with E-state index < -0.39 is 0 Å². The Bertz CT molecular complexity index is 620. The van der Waals surface area contributed by atoms with Gasteiger partial charge in [0.2, 0.25) is 0 Å². The predicted molar refractivity (Wildman–Crippen MR) is 85.4 cm³/mol. The molecule has 0 atom stereocenters. The van der Waals surface area contributed by atoms with Crippen molar-refractivity contribution in [2.75, 3.05) is 18.5 Å². The minimum atomic E-state index is -0.313. The van der Waals surface area contributed by atoms with Crippen molar-refractivity contribution in [3.63, 3.8) is 0 Å². The number of nitrogens with one attached hydrogen (secondary N) is 2. The zero-order chi connectivity index (χ0) is 15.1. The van der Waals surface area contributed by atoms with Crippen LogP contribution in [-0.4, -0.2) is 19.2 Å². The number of carbonyl (C=O) groups is 1. The fourth-order valence-corrected chi connectivity index (χ4v) is 2.00. The van der Waals surface area contributed by atoms with Crippen molar-refractivity contribution in [3.05, 3.63) is 58.6 Å². The smallest absolute Gasteiger partial charge is 0.319 e. The standard InChI is InChI=1S/C15H14Cl2N2O2/c16-11-3-1-5-13(9-11)19-15(20)18-7-8-21-14-6-2-4-12(17)10-14/h1-6,9-10H,7-8H2,(H2,18,19,20). The SMILES string of the molecule is O=C(NCCOc1cccc(Cl)c1)Nc1cccc(Cl)c1. The number of amides is 2. The maximum Gasteiger partial charge on any atom is 0.319 e. The molecule has 0 unspecified atom stereocenters. The van der Waals surface area contributed by atoms with Crippen molar-refractivity contribution < 1.29 is 9.53 Å². The number of ether oxygens (including phenoxy) is 1. The third-order valence-corrected chi connectivity index (χ3v) is 3.01. The molecule has 2 aromatic carbocycles. The van der Waals surface area contributed by atoms with E-state index in [0.29, 0.717) is 34.6 Å². The first-order chi connectivity index (χ1) is 10.1. The number of benzene rings is 2. The molecule has 0 saturated heterocycles. The Labute approximate surface area is 133 Å². The molecule has 6 heteroatoms. The molecule has 2 amide bonds. The second-order valence-corrected chi connectivity index (χ2v) is 5.07. The van der Waals surface area contributed by atoms with Crippen LogP contribution in [0.25, 0.3) is 0 Å². The zero-order valence-electron chi connectivity index (χ0n) is 11.1. The van der Waals surface area contributed by atoms with E-state index in [-0.39, 0.29) is 6.03 Å². The summed E-state index contributed by atoms with van der Waals surface area (Å²) >= 11 is 11.7. The normalized spacial score (nSPS) is 10.0. The second kappa shape index (κ2) is 7.76. The summed E-state index contributed by atoms with van der Waals surface area (Å²) in [6.07, 6.45) is 0. The molecule has 0 heterocycles. The summed E-state index contributed by atoms with van der Waals surface area (Å²) in [5.41, 5.74) is 0.635. The number of hydrogen-bond donors (Lipinski definition) is 2. The lowest BCUT2D eigenvalue weighted by molar-refractivity contribution is 0.247. The van der Waals surface area contributed by atoms with E-state index in [1.54, 1.807) is 48.5 Å². The Morgan fingerprint density at radius 2 is 1.76 bits per heavy atom. The van der Waals surface area contributed by atoms with Gasteiger partial charge >= 0.3 is 6.03 Å². The molecule has 0 fully saturated rings. The fraction of sp³-hybridized carbons (Fsp3) is 0.133. The molecule has 0 aliphatic rings. The van der Waals surface area contributed by atoms with Crippen molar-refractivity contribution in [2.45, 2.75) is 0 Å². The first kappa shape index (κ1) is 15.5. The minimum Gasteiger partial charge on any atom is -0.492 e. The molecular weight excluding hydrogens is 311 g/mol. The van der Waals surface area contributed by atoms with Crippen LogP contribution in [0.4, 0.5) is 10.5 Å². The molecule has 0 aromatic heterocycles. The Kier molecular flexibility index (Phi) is 5.72. The van der Waals surface area contributed by atoms with E-state index in [9.17, 15) is 4.79 Å². The topological polar surface area (TPSA) is 50.4 Å². The predicted octanol–water partition coefficient (Wildman–Crippen LogP) is 4.19. The van der Waals surface area contributed by atoms with Crippen LogP contribution >= 0.6 is 23.2 Å². The number of anilines is 1. The van der Waals surface area contributed by atoms with E-state index in [1.807, 2.05) is 0 Å². The maximum absolute atomic E-state index is 11.6. The highest BCUT2D eigenvalue weighted by molar-refractivity contribution is 6.31. The van der Waals surface area contributed by atoms with Gasteiger partial charge in [-0.2, -0.15) is 0 Å². The molecule has 0 aliphatic heterocycles. The third kappa shape index (κ3) is 5.53. The Morgan fingerprint density at radius 1 is 1.05 bits per heavy atom. The third-order valence-electron chi connectivity index (χ3n) is 2.53. The highest BCUT2D eigenvalue weighted by Gasteiger charge is 2.01. The van der Waals surface area contributed by atoms with Crippen LogP contribution in [-0.2, 0) is 0 Å². The summed E-state index contributed by atoms with van der Waals surface area (Å²) in [5.74, 6) is 0.666. The lowest BCUT2D eigenvalue weighted by Gasteiger charge is -2.09. The van der Waals surface area contributed by atoms with Crippen LogP contribution in [0.3, 0.4) is 0 Å². The van der Waals surface area contributed by atoms with E-state index in [1.165, 1.54) is 0 Å². The molecular formula is C15H14Cl2N2O2. The van der Waals surface area contributed by atoms with Gasteiger partial charge < -0.3 is 15.4 Å². The average molecular weight is 325 g/mol. The number of halogens is 2. The molecule has 2 rings (SSSR count). The van der Waals surface area contributed by atoms with Gasteiger partial charge in [-0.25, -0.2) is 4.79 Å². The van der Waals surface area contributed by atoms with Crippen molar-refractivity contribution in [3.8, 4) is 5.75 Å². The molecule has 2 N–H and O–H groups in total. The van der Waals surface area contributed by atoms with Crippen molar-refractivity contribution in [2.24, 2.45) is 0 Å². The summed E-state index contributed by atoms with van der Waals surface area (Å²) in [7, 11) is 0. The molecule has 0 radical (unpaired) electrons. The van der Waals surface area contributed by atoms with Gasteiger partial charge in [0.05, 0.1) is 6.54 Å². The van der Waals surface area contributed by atoms with Crippen LogP contribution in [0.15, 0.2) is 48.5 Å². The lowest BCUT2D eigenvalue weighted by atomic mass is 10.3. The Hall–Kier alpha value is -1.91. The van der Waals surface area contributed by atoms with Gasteiger partial charge in [0.1, 0.15) is 12.4 Å². The van der Waals surface area contributed by atoms with Crippen molar-refractivity contribution >= 4 is 34.9 Å². The second-order valence-electron chi connectivity index (χ2n) is 4.20. The van der Waals surface area contributed by atoms with Crippen molar-refractivity contribution in [1.29, 1.82) is 0 Å². The van der Waals surface area contributed by atoms with Gasteiger partial charge in [-0.1, -0.05) is 35.3 Å². The van der Waals surface area contributed by atoms with Crippen LogP contribution in [0.5, 0.6) is 5.75 Å². The molecule has 0 saturated carbocycles. The van der Waals surface area contributed by atoms with Crippen LogP contribution in [0.1, 0.15) is 0 Å². The first-order valence-electron chi connectivity index (χ1n) is 6.32. The van der Waals surface area contributed by atoms with Gasteiger partial charge in [-0.3, -0.25) is 0 Å². The Morgan fingerprint density at radius 3 is 2.48 bits per heavy atom. The van der Waals surface area contributed by atoms with Crippen LogP contribution in [0, 0.1) is 0 Å². The lowest BCUT2D eigenvalue weighted by Crippen LogP contribution is -2.32. The number of hydrogen-bond acceptors (Lipinski definition) is 2. The highest BCUT2D eigenvalue weighted by Crippen LogP contribution is 2.17. The zero-order valence-corrected chi connectivity index (χ0v) is 12.6. The quantitative estimate of drug-likeness (QED) is 0.810. The first-order valence-corrected chi connectivity index (χ1v) is 7.08. The summed E-state index contributed by atoms with van der Waals surface area (Å²) in [5, 5.41) is 6.54. The Balaban J connectivity index is 1.70. The molecule has 2 aromatic rings. The minimum absolute atomic E-state index is 0.313. The van der Waals surface area contributed by atoms with Gasteiger partial charge in [0.15, 0.2) is 0 Å². The van der Waals surface area contributed by atoms with Gasteiger partial charge in [0.25, 0.3) is 0 Å². The molecule has 21 heavy (non-hydrogen) atoms. The molecule has 0 aliphatic carbocycles. The van der Waals surface area contributed by atoms with Gasteiger partial charge in [0, 0.05) is 15.7 Å². The maximum atomic E-state index is 11.6. The summed E-state index contributed by atoms with van der Waals surface area (Å²) < 4.78 is 5.46. The number of rotatable bonds is 5. The van der Waals surface area contributed by atoms with E-state index in [0.717, 1.165) is 0 Å². The van der Waals surface area contributed by atoms with Crippen molar-refractivity contribution in [1.82, 2.24) is 5.32 Å². The van der Waals surface area contributed by atoms with Crippen LogP contribution in [0.2, 0.25) is 10.0 Å². The van der Waals surface area contributed by atoms with Gasteiger partial charge in [-0.05, 0) is 36.4 Å². The van der Waals surface area contributed by atoms with E-state index in [2.05, 4.69) is 10.6 Å². The van der Waals surface area contributed by atoms with E-state index in [4.69, 9.17) is 27.9 Å². The summed E-state index contributed by atoms with van der Waals surface area (Å²) in [6, 6.07) is 13.7. The largest absolute Gasteiger partial charge is 0.492 e. The monoisotopic (exact) mass is 324 g/mol. The molecule has 110 valence electrons. The number of urea groups is 1. The average Bonchev–Trinajstić information content (AvgIpc) is 2.44. The molecule has 4 nitrogen and oxygen atoms in total. The fourth-order valence-electron chi connectivity index (χ4n) is 1.63. The summed E-state index contributed by atoms with van der Waals surface area (Å²) in [4.78, 5) is 11.6. The van der Waals surface area contributed by atoms with E-state index >= 15 is 0 Å². The highest BCUT2D eigenvalue weighted by atomic mass is 35.5. The van der Waals surface area contributed by atoms with Gasteiger partial charge in [-0.15, -0.1) is 0 Å². The summed E-state index contributed by atoms with van der Waals surface area (Å²) in [6.45, 7) is 0.724. The number of carbonyl (C=O) groups excluding carboxylic acids is 1. The van der Waals surface area contributed by atoms with Crippen LogP contribution < -0.4 is 15.4 Å². The molecule has 0 spiro atoms. The molecule has 0 bridgehead atoms.